The lowest BCUT2D eigenvalue weighted by Gasteiger charge is -2.26. The number of aromatic nitrogens is 2. The van der Waals surface area contributed by atoms with Gasteiger partial charge in [0, 0.05) is 0 Å². The Kier molecular flexibility index (Phi) is 7.11. The lowest BCUT2D eigenvalue weighted by molar-refractivity contribution is 0.0485. The van der Waals surface area contributed by atoms with Gasteiger partial charge in [0.2, 0.25) is 11.8 Å². The van der Waals surface area contributed by atoms with E-state index < -0.39 is 23.7 Å². The summed E-state index contributed by atoms with van der Waals surface area (Å²) in [6.07, 6.45) is 2.77. The summed E-state index contributed by atoms with van der Waals surface area (Å²) in [5.41, 5.74) is 5.20. The monoisotopic (exact) mass is 434 g/mol. The summed E-state index contributed by atoms with van der Waals surface area (Å²) in [7, 11) is 0. The molecule has 31 heavy (non-hydrogen) atoms. The van der Waals surface area contributed by atoms with Crippen LogP contribution in [0.1, 0.15) is 51.0 Å². The van der Waals surface area contributed by atoms with E-state index in [1.54, 1.807) is 20.8 Å². The van der Waals surface area contributed by atoms with E-state index in [0.717, 1.165) is 6.26 Å². The van der Waals surface area contributed by atoms with E-state index in [1.807, 2.05) is 13.8 Å². The number of nitrogens with two attached hydrogens (primary N) is 1. The Morgan fingerprint density at radius 1 is 1.26 bits per heavy atom. The number of alkyl carbamates (subject to hydrolysis) is 1. The lowest BCUT2D eigenvalue weighted by Crippen LogP contribution is -2.43. The smallest absolute Gasteiger partial charge is 0.408 e. The van der Waals surface area contributed by atoms with Crippen LogP contribution in [-0.2, 0) is 9.47 Å². The van der Waals surface area contributed by atoms with Crippen molar-refractivity contribution in [1.82, 2.24) is 15.3 Å². The highest BCUT2D eigenvalue weighted by atomic mass is 16.6. The zero-order chi connectivity index (χ0) is 23.3. The molecule has 2 heterocycles. The predicted molar refractivity (Wildman–Crippen MR) is 109 cm³/mol. The highest BCUT2D eigenvalue weighted by Gasteiger charge is 2.24. The van der Waals surface area contributed by atoms with Crippen LogP contribution in [0.3, 0.4) is 0 Å². The second-order valence-corrected chi connectivity index (χ2v) is 7.91. The largest absolute Gasteiger partial charge is 0.476 e. The minimum Gasteiger partial charge on any atom is -0.476 e. The molecule has 1 amide bonds. The number of carbonyl (C=O) groups is 2. The minimum absolute atomic E-state index is 0.000858. The highest BCUT2D eigenvalue weighted by Crippen LogP contribution is 2.21. The molecule has 2 aromatic heterocycles. The number of nitrogens with one attached hydrogen (secondary N) is 1. The Morgan fingerprint density at radius 3 is 2.48 bits per heavy atom. The second kappa shape index (κ2) is 9.37. The lowest BCUT2D eigenvalue weighted by atomic mass is 10.0. The molecule has 168 valence electrons. The van der Waals surface area contributed by atoms with Gasteiger partial charge in [0.1, 0.15) is 35.8 Å². The van der Waals surface area contributed by atoms with Crippen molar-refractivity contribution in [1.29, 1.82) is 0 Å². The molecule has 0 aromatic carbocycles. The standard InChI is InChI=1S/C20H26N4O7/c1-10(2)15(24-19(27)31-20(4,5)6)11(3)28-7-12(21)16-22-13(8-29-16)17-23-14(9-30-17)18(25)26/h7-10,15H,3,21H2,1-2,4-6H3,(H,24,27)(H,25,26)/b12-7-. The van der Waals surface area contributed by atoms with E-state index >= 15 is 0 Å². The van der Waals surface area contributed by atoms with Gasteiger partial charge in [0.15, 0.2) is 11.4 Å². The number of carbonyl (C=O) groups excluding carboxylic acids is 1. The summed E-state index contributed by atoms with van der Waals surface area (Å²) in [4.78, 5) is 30.8. The molecule has 0 bridgehead atoms. The van der Waals surface area contributed by atoms with E-state index in [2.05, 4.69) is 21.9 Å². The third-order valence-electron chi connectivity index (χ3n) is 3.72. The molecule has 0 aliphatic rings. The van der Waals surface area contributed by atoms with Crippen molar-refractivity contribution in [2.75, 3.05) is 0 Å². The van der Waals surface area contributed by atoms with Crippen molar-refractivity contribution >= 4 is 17.8 Å². The molecule has 0 saturated heterocycles. The Balaban J connectivity index is 2.05. The van der Waals surface area contributed by atoms with Gasteiger partial charge in [-0.1, -0.05) is 20.4 Å². The summed E-state index contributed by atoms with van der Waals surface area (Å²) >= 11 is 0. The van der Waals surface area contributed by atoms with Gasteiger partial charge >= 0.3 is 12.1 Å². The van der Waals surface area contributed by atoms with Crippen molar-refractivity contribution in [3.8, 4) is 11.6 Å². The van der Waals surface area contributed by atoms with E-state index in [9.17, 15) is 9.59 Å². The molecular weight excluding hydrogens is 408 g/mol. The van der Waals surface area contributed by atoms with Gasteiger partial charge < -0.3 is 34.5 Å². The molecule has 0 fully saturated rings. The van der Waals surface area contributed by atoms with E-state index in [-0.39, 0.29) is 40.5 Å². The maximum Gasteiger partial charge on any atom is 0.408 e. The Bertz CT molecular complexity index is 982. The zero-order valence-corrected chi connectivity index (χ0v) is 18.0. The fourth-order valence-corrected chi connectivity index (χ4v) is 2.31. The predicted octanol–water partition coefficient (Wildman–Crippen LogP) is 3.36. The molecule has 1 unspecified atom stereocenters. The molecule has 2 rings (SSSR count). The third-order valence-corrected chi connectivity index (χ3v) is 3.72. The first-order chi connectivity index (χ1) is 14.4. The minimum atomic E-state index is -1.23. The van der Waals surface area contributed by atoms with Crippen LogP contribution in [0, 0.1) is 5.92 Å². The Hall–Kier alpha value is -3.76. The van der Waals surface area contributed by atoms with E-state index in [0.29, 0.717) is 0 Å². The van der Waals surface area contributed by atoms with Gasteiger partial charge in [0.25, 0.3) is 0 Å². The van der Waals surface area contributed by atoms with Crippen molar-refractivity contribution in [3.05, 3.63) is 42.7 Å². The molecule has 4 N–H and O–H groups in total. The summed E-state index contributed by atoms with van der Waals surface area (Å²) in [6.45, 7) is 12.9. The van der Waals surface area contributed by atoms with Crippen molar-refractivity contribution in [2.45, 2.75) is 46.3 Å². The molecule has 1 atom stereocenters. The molecule has 2 aromatic rings. The van der Waals surface area contributed by atoms with Crippen LogP contribution < -0.4 is 11.1 Å². The molecule has 11 heteroatoms. The molecule has 0 saturated carbocycles. The molecule has 0 aliphatic carbocycles. The van der Waals surface area contributed by atoms with Crippen LogP contribution >= 0.6 is 0 Å². The summed E-state index contributed by atoms with van der Waals surface area (Å²) < 4.78 is 21.1. The number of hydrogen-bond donors (Lipinski definition) is 3. The maximum atomic E-state index is 12.1. The number of aromatic carboxylic acids is 1. The first kappa shape index (κ1) is 23.5. The van der Waals surface area contributed by atoms with Gasteiger partial charge in [-0.3, -0.25) is 0 Å². The summed E-state index contributed by atoms with van der Waals surface area (Å²) in [6, 6.07) is -0.541. The number of oxazole rings is 2. The van der Waals surface area contributed by atoms with Gasteiger partial charge in [-0.15, -0.1) is 0 Å². The van der Waals surface area contributed by atoms with Crippen molar-refractivity contribution in [3.63, 3.8) is 0 Å². The van der Waals surface area contributed by atoms with Crippen molar-refractivity contribution in [2.24, 2.45) is 11.7 Å². The van der Waals surface area contributed by atoms with Gasteiger partial charge in [-0.05, 0) is 26.7 Å². The Labute approximate surface area is 178 Å². The fourth-order valence-electron chi connectivity index (χ4n) is 2.31. The second-order valence-electron chi connectivity index (χ2n) is 7.91. The number of amides is 1. The van der Waals surface area contributed by atoms with Crippen LogP contribution in [0.2, 0.25) is 0 Å². The molecule has 11 nitrogen and oxygen atoms in total. The normalized spacial score (nSPS) is 13.0. The number of carboxylic acid groups (broad SMARTS) is 1. The topological polar surface area (TPSA) is 163 Å². The van der Waals surface area contributed by atoms with Gasteiger partial charge in [-0.2, -0.15) is 0 Å². The van der Waals surface area contributed by atoms with Gasteiger partial charge in [-0.25, -0.2) is 19.6 Å². The van der Waals surface area contributed by atoms with Crippen LogP contribution in [-0.4, -0.2) is 38.8 Å². The highest BCUT2D eigenvalue weighted by molar-refractivity contribution is 5.85. The average molecular weight is 434 g/mol. The van der Waals surface area contributed by atoms with Crippen LogP contribution in [0.4, 0.5) is 4.79 Å². The third kappa shape index (κ3) is 6.63. The number of rotatable bonds is 8. The molecule has 0 aliphatic heterocycles. The van der Waals surface area contributed by atoms with Gasteiger partial charge in [0.05, 0.1) is 6.04 Å². The van der Waals surface area contributed by atoms with E-state index in [1.165, 1.54) is 12.5 Å². The first-order valence-corrected chi connectivity index (χ1v) is 9.33. The number of ether oxygens (including phenoxy) is 2. The zero-order valence-electron chi connectivity index (χ0n) is 18.0. The van der Waals surface area contributed by atoms with Crippen LogP contribution in [0.25, 0.3) is 17.3 Å². The quantitative estimate of drug-likeness (QED) is 0.525. The number of carboxylic acids is 1. The van der Waals surface area contributed by atoms with E-state index in [4.69, 9.17) is 29.1 Å². The molecule has 0 radical (unpaired) electrons. The molecule has 0 spiro atoms. The average Bonchev–Trinajstić information content (AvgIpc) is 3.31. The maximum absolute atomic E-state index is 12.1. The molecular formula is C20H26N4O7. The summed E-state index contributed by atoms with van der Waals surface area (Å²) in [5.74, 6) is -1.08. The summed E-state index contributed by atoms with van der Waals surface area (Å²) in [5, 5.41) is 11.6. The number of hydrogen-bond acceptors (Lipinski definition) is 9. The SMILES string of the molecule is C=C(O/C=C(\N)c1nc(-c2nc(C(=O)O)co2)co1)C(NC(=O)OC(C)(C)C)C(C)C. The Morgan fingerprint density at radius 2 is 1.94 bits per heavy atom. The first-order valence-electron chi connectivity index (χ1n) is 9.33. The number of nitrogens with zero attached hydrogens (tertiary/aromatic N) is 2. The fraction of sp³-hybridized carbons (Fsp3) is 0.400. The van der Waals surface area contributed by atoms with Crippen LogP contribution in [0.5, 0.6) is 0 Å². The van der Waals surface area contributed by atoms with Crippen LogP contribution in [0.15, 0.2) is 40.0 Å². The van der Waals surface area contributed by atoms with Crippen molar-refractivity contribution < 1.29 is 33.0 Å².